The van der Waals surface area contributed by atoms with Crippen LogP contribution in [-0.4, -0.2) is 22.8 Å². The summed E-state index contributed by atoms with van der Waals surface area (Å²) in [6, 6.07) is 15.7. The Hall–Kier alpha value is -2.51. The number of aryl methyl sites for hydroxylation is 1. The molecule has 148 valence electrons. The molecule has 5 rings (SSSR count). The number of para-hydroxylation sites is 1. The minimum absolute atomic E-state index is 0.0288. The number of fused-ring (bicyclic) bond motifs is 5. The number of hydrogen-bond acceptors (Lipinski definition) is 5. The van der Waals surface area contributed by atoms with E-state index in [1.165, 1.54) is 11.3 Å². The van der Waals surface area contributed by atoms with E-state index >= 15 is 0 Å². The van der Waals surface area contributed by atoms with Crippen molar-refractivity contribution in [2.24, 2.45) is 5.92 Å². The van der Waals surface area contributed by atoms with E-state index in [-0.39, 0.29) is 23.2 Å². The molecule has 2 aliphatic rings. The first-order valence-electron chi connectivity index (χ1n) is 9.54. The van der Waals surface area contributed by atoms with Gasteiger partial charge >= 0.3 is 4.87 Å². The number of thioether (sulfide) groups is 1. The number of anilines is 1. The third-order valence-corrected chi connectivity index (χ3v) is 7.91. The highest BCUT2D eigenvalue weighted by Crippen LogP contribution is 2.50. The number of hydrogen-bond donors (Lipinski definition) is 1. The van der Waals surface area contributed by atoms with Crippen molar-refractivity contribution < 1.29 is 9.53 Å². The van der Waals surface area contributed by atoms with Gasteiger partial charge in [0.25, 0.3) is 0 Å². The second-order valence-corrected chi connectivity index (χ2v) is 9.44. The van der Waals surface area contributed by atoms with Crippen LogP contribution in [-0.2, 0) is 11.3 Å². The van der Waals surface area contributed by atoms with E-state index in [9.17, 15) is 9.59 Å². The maximum absolute atomic E-state index is 12.8. The average Bonchev–Trinajstić information content (AvgIpc) is 3.04. The van der Waals surface area contributed by atoms with Crippen molar-refractivity contribution in [1.82, 2.24) is 4.57 Å². The molecule has 3 aromatic rings. The number of carbonyl (C=O) groups excluding carboxylic acids is 1. The van der Waals surface area contributed by atoms with Crippen molar-refractivity contribution in [3.05, 3.63) is 74.2 Å². The van der Waals surface area contributed by atoms with Crippen molar-refractivity contribution in [1.29, 1.82) is 0 Å². The SMILES string of the molecule is Cc1ccc(NC(=O)Cn2c3c(sc2=O)[C@H]2c4ccccc4OC[C@@H]2CS3)cc1. The van der Waals surface area contributed by atoms with E-state index < -0.39 is 0 Å². The van der Waals surface area contributed by atoms with Crippen LogP contribution in [0.2, 0.25) is 0 Å². The van der Waals surface area contributed by atoms with Crippen molar-refractivity contribution in [2.75, 3.05) is 17.7 Å². The smallest absolute Gasteiger partial charge is 0.308 e. The zero-order valence-electron chi connectivity index (χ0n) is 15.9. The summed E-state index contributed by atoms with van der Waals surface area (Å²) in [5.74, 6) is 2.09. The van der Waals surface area contributed by atoms with E-state index in [4.69, 9.17) is 4.74 Å². The Labute approximate surface area is 176 Å². The molecule has 2 atom stereocenters. The van der Waals surface area contributed by atoms with Crippen LogP contribution in [0.1, 0.15) is 21.9 Å². The molecule has 7 heteroatoms. The molecule has 3 heterocycles. The van der Waals surface area contributed by atoms with E-state index in [0.29, 0.717) is 12.5 Å². The molecule has 0 fully saturated rings. The molecule has 0 saturated carbocycles. The molecule has 0 bridgehead atoms. The van der Waals surface area contributed by atoms with Crippen molar-refractivity contribution in [3.8, 4) is 5.75 Å². The Morgan fingerprint density at radius 3 is 2.83 bits per heavy atom. The number of nitrogens with one attached hydrogen (secondary N) is 1. The van der Waals surface area contributed by atoms with E-state index in [1.807, 2.05) is 49.4 Å². The van der Waals surface area contributed by atoms with Crippen LogP contribution in [0, 0.1) is 12.8 Å². The zero-order chi connectivity index (χ0) is 20.0. The van der Waals surface area contributed by atoms with Gasteiger partial charge in [-0.15, -0.1) is 11.8 Å². The van der Waals surface area contributed by atoms with Gasteiger partial charge in [-0.05, 0) is 25.1 Å². The van der Waals surface area contributed by atoms with Crippen LogP contribution >= 0.6 is 23.1 Å². The molecule has 0 radical (unpaired) electrons. The molecule has 29 heavy (non-hydrogen) atoms. The topological polar surface area (TPSA) is 60.3 Å². The quantitative estimate of drug-likeness (QED) is 0.688. The first kappa shape index (κ1) is 18.5. The van der Waals surface area contributed by atoms with Gasteiger partial charge in [0.2, 0.25) is 5.91 Å². The minimum Gasteiger partial charge on any atom is -0.493 e. The summed E-state index contributed by atoms with van der Waals surface area (Å²) < 4.78 is 7.55. The zero-order valence-corrected chi connectivity index (χ0v) is 17.5. The largest absolute Gasteiger partial charge is 0.493 e. The van der Waals surface area contributed by atoms with Crippen LogP contribution in [0.15, 0.2) is 58.4 Å². The van der Waals surface area contributed by atoms with Gasteiger partial charge in [-0.2, -0.15) is 0 Å². The van der Waals surface area contributed by atoms with Gasteiger partial charge < -0.3 is 10.1 Å². The second kappa shape index (κ2) is 7.39. The number of nitrogens with zero attached hydrogens (tertiary/aromatic N) is 1. The first-order valence-corrected chi connectivity index (χ1v) is 11.3. The predicted molar refractivity (Wildman–Crippen MR) is 116 cm³/mol. The molecule has 1 aromatic heterocycles. The fourth-order valence-electron chi connectivity index (χ4n) is 3.97. The van der Waals surface area contributed by atoms with Crippen LogP contribution in [0.25, 0.3) is 0 Å². The lowest BCUT2D eigenvalue weighted by Gasteiger charge is -2.36. The standard InChI is InChI=1S/C22H20N2O3S2/c1-13-6-8-15(9-7-13)23-18(25)10-24-21-20(29-22(24)26)19-14(12-28-21)11-27-17-5-3-2-4-16(17)19/h2-9,14,19H,10-12H2,1H3,(H,23,25)/t14-,19-/m1/s1. The van der Waals surface area contributed by atoms with Crippen LogP contribution in [0.3, 0.4) is 0 Å². The van der Waals surface area contributed by atoms with E-state index in [0.717, 1.165) is 38.2 Å². The lowest BCUT2D eigenvalue weighted by molar-refractivity contribution is -0.116. The third kappa shape index (κ3) is 3.38. The second-order valence-electron chi connectivity index (χ2n) is 7.44. The van der Waals surface area contributed by atoms with Gasteiger partial charge in [0.1, 0.15) is 12.3 Å². The predicted octanol–water partition coefficient (Wildman–Crippen LogP) is 4.10. The number of carbonyl (C=O) groups is 1. The highest BCUT2D eigenvalue weighted by atomic mass is 32.2. The van der Waals surface area contributed by atoms with Crippen LogP contribution in [0.5, 0.6) is 5.75 Å². The maximum atomic E-state index is 12.8. The summed E-state index contributed by atoms with van der Waals surface area (Å²) in [6.45, 7) is 2.69. The van der Waals surface area contributed by atoms with E-state index in [1.54, 1.807) is 16.3 Å². The number of amides is 1. The molecule has 0 saturated heterocycles. The van der Waals surface area contributed by atoms with Gasteiger partial charge in [0.15, 0.2) is 0 Å². The van der Waals surface area contributed by atoms with Gasteiger partial charge in [0.05, 0.1) is 11.6 Å². The maximum Gasteiger partial charge on any atom is 0.308 e. The molecule has 2 aliphatic heterocycles. The van der Waals surface area contributed by atoms with Crippen molar-refractivity contribution in [3.63, 3.8) is 0 Å². The lowest BCUT2D eigenvalue weighted by atomic mass is 9.84. The number of ether oxygens (including phenoxy) is 1. The minimum atomic E-state index is -0.188. The summed E-state index contributed by atoms with van der Waals surface area (Å²) in [5, 5.41) is 3.82. The van der Waals surface area contributed by atoms with Crippen molar-refractivity contribution >= 4 is 34.7 Å². The molecule has 1 N–H and O–H groups in total. The summed E-state index contributed by atoms with van der Waals surface area (Å²) >= 11 is 2.93. The molecule has 1 amide bonds. The molecular weight excluding hydrogens is 404 g/mol. The summed E-state index contributed by atoms with van der Waals surface area (Å²) in [5.41, 5.74) is 3.01. The number of benzene rings is 2. The highest BCUT2D eigenvalue weighted by Gasteiger charge is 2.39. The van der Waals surface area contributed by atoms with Gasteiger partial charge in [-0.1, -0.05) is 47.2 Å². The van der Waals surface area contributed by atoms with E-state index in [2.05, 4.69) is 11.4 Å². The molecule has 2 aromatic carbocycles. The van der Waals surface area contributed by atoms with Crippen LogP contribution in [0.4, 0.5) is 5.69 Å². The Bertz CT molecular complexity index is 1130. The van der Waals surface area contributed by atoms with Gasteiger partial charge in [-0.3, -0.25) is 14.2 Å². The van der Waals surface area contributed by atoms with Crippen molar-refractivity contribution in [2.45, 2.75) is 24.4 Å². The number of thiazole rings is 1. The van der Waals surface area contributed by atoms with Crippen LogP contribution < -0.4 is 14.9 Å². The monoisotopic (exact) mass is 424 g/mol. The number of rotatable bonds is 3. The fraction of sp³-hybridized carbons (Fsp3) is 0.273. The molecule has 0 aliphatic carbocycles. The molecule has 0 spiro atoms. The summed E-state index contributed by atoms with van der Waals surface area (Å²) in [4.78, 5) is 26.4. The molecule has 5 nitrogen and oxygen atoms in total. The fourth-order valence-corrected chi connectivity index (χ4v) is 6.66. The third-order valence-electron chi connectivity index (χ3n) is 5.41. The van der Waals surface area contributed by atoms with Gasteiger partial charge in [-0.25, -0.2) is 0 Å². The Morgan fingerprint density at radius 2 is 2.00 bits per heavy atom. The molecule has 0 unspecified atom stereocenters. The normalized spacial score (nSPS) is 19.5. The summed E-state index contributed by atoms with van der Waals surface area (Å²) in [7, 11) is 0. The van der Waals surface area contributed by atoms with Gasteiger partial charge in [0, 0.05) is 33.7 Å². The molecular formula is C22H20N2O3S2. The Balaban J connectivity index is 1.44. The Kier molecular flexibility index (Phi) is 4.72. The Morgan fingerprint density at radius 1 is 1.21 bits per heavy atom. The number of aromatic nitrogens is 1. The summed E-state index contributed by atoms with van der Waals surface area (Å²) in [6.07, 6.45) is 0. The highest BCUT2D eigenvalue weighted by molar-refractivity contribution is 7.99. The first-order chi connectivity index (χ1) is 14.1. The lowest BCUT2D eigenvalue weighted by Crippen LogP contribution is -2.31. The average molecular weight is 425 g/mol.